The Morgan fingerprint density at radius 3 is 1.70 bits per heavy atom. The van der Waals surface area contributed by atoms with Gasteiger partial charge in [0.2, 0.25) is 0 Å². The maximum Gasteiger partial charge on any atom is 0.0828 e. The molecule has 0 aliphatic rings. The SMILES string of the molecule is [CH2]C(Br)(Br)CC(Br)(Br)CC. The van der Waals surface area contributed by atoms with E-state index in [1.54, 1.807) is 0 Å². The summed E-state index contributed by atoms with van der Waals surface area (Å²) in [5.41, 5.74) is 0. The summed E-state index contributed by atoms with van der Waals surface area (Å²) < 4.78 is -0.238. The van der Waals surface area contributed by atoms with Gasteiger partial charge in [0, 0.05) is 0 Å². The van der Waals surface area contributed by atoms with E-state index in [1.165, 1.54) is 0 Å². The molecular weight excluding hydrogens is 392 g/mol. The Labute approximate surface area is 96.0 Å². The first-order chi connectivity index (χ1) is 4.27. The van der Waals surface area contributed by atoms with Crippen LogP contribution in [0.2, 0.25) is 0 Å². The van der Waals surface area contributed by atoms with E-state index in [1.807, 2.05) is 0 Å². The number of halogens is 4. The zero-order valence-corrected chi connectivity index (χ0v) is 12.0. The molecule has 0 aromatic rings. The molecule has 0 aromatic carbocycles. The van der Waals surface area contributed by atoms with Crippen LogP contribution in [0.15, 0.2) is 0 Å². The van der Waals surface area contributed by atoms with E-state index >= 15 is 0 Å². The Hall–Kier alpha value is 1.92. The Kier molecular flexibility index (Phi) is 5.05. The lowest BCUT2D eigenvalue weighted by Crippen LogP contribution is -2.20. The minimum absolute atomic E-state index is 0.00521. The van der Waals surface area contributed by atoms with Gasteiger partial charge in [-0.15, -0.1) is 0 Å². The molecular formula is C6H9Br4. The molecule has 0 saturated carbocycles. The molecule has 4 heteroatoms. The summed E-state index contributed by atoms with van der Waals surface area (Å²) >= 11 is 13.9. The maximum atomic E-state index is 3.88. The first-order valence-electron chi connectivity index (χ1n) is 2.88. The number of alkyl halides is 4. The molecule has 0 heterocycles. The predicted molar refractivity (Wildman–Crippen MR) is 61.4 cm³/mol. The van der Waals surface area contributed by atoms with Crippen molar-refractivity contribution in [1.29, 1.82) is 0 Å². The molecule has 1 radical (unpaired) electrons. The highest BCUT2D eigenvalue weighted by Gasteiger charge is 2.29. The van der Waals surface area contributed by atoms with E-state index in [0.29, 0.717) is 0 Å². The van der Waals surface area contributed by atoms with E-state index in [9.17, 15) is 0 Å². The monoisotopic (exact) mass is 397 g/mol. The van der Waals surface area contributed by atoms with Crippen molar-refractivity contribution in [2.45, 2.75) is 26.2 Å². The third kappa shape index (κ3) is 6.62. The fourth-order valence-electron chi connectivity index (χ4n) is 0.503. The summed E-state index contributed by atoms with van der Waals surface area (Å²) in [6, 6.07) is 0. The fourth-order valence-corrected chi connectivity index (χ4v) is 3.92. The summed E-state index contributed by atoms with van der Waals surface area (Å²) in [4.78, 5) is 0. The molecule has 0 atom stereocenters. The van der Waals surface area contributed by atoms with Crippen LogP contribution < -0.4 is 0 Å². The van der Waals surface area contributed by atoms with Crippen LogP contribution in [0.3, 0.4) is 0 Å². The Balaban J connectivity index is 3.89. The van der Waals surface area contributed by atoms with Crippen molar-refractivity contribution in [3.63, 3.8) is 0 Å². The summed E-state index contributed by atoms with van der Waals surface area (Å²) in [5.74, 6) is 0. The molecule has 0 fully saturated rings. The Morgan fingerprint density at radius 1 is 1.20 bits per heavy atom. The molecule has 0 saturated heterocycles. The van der Waals surface area contributed by atoms with Crippen LogP contribution in [-0.2, 0) is 0 Å². The van der Waals surface area contributed by atoms with Crippen molar-refractivity contribution in [2.75, 3.05) is 0 Å². The highest BCUT2D eigenvalue weighted by Crippen LogP contribution is 2.43. The van der Waals surface area contributed by atoms with Crippen LogP contribution in [0, 0.1) is 6.92 Å². The summed E-state index contributed by atoms with van der Waals surface area (Å²) in [6.45, 7) is 5.98. The molecule has 0 aromatic heterocycles. The van der Waals surface area contributed by atoms with E-state index in [0.717, 1.165) is 12.8 Å². The normalized spacial score (nSPS) is 13.8. The van der Waals surface area contributed by atoms with Crippen LogP contribution in [0.1, 0.15) is 19.8 Å². The number of rotatable bonds is 3. The van der Waals surface area contributed by atoms with Gasteiger partial charge in [0.05, 0.1) is 6.47 Å². The molecule has 0 rings (SSSR count). The third-order valence-electron chi connectivity index (χ3n) is 1.03. The van der Waals surface area contributed by atoms with Crippen molar-refractivity contribution in [1.82, 2.24) is 0 Å². The van der Waals surface area contributed by atoms with Crippen LogP contribution in [0.4, 0.5) is 0 Å². The highest BCUT2D eigenvalue weighted by atomic mass is 79.9. The minimum Gasteiger partial charge on any atom is -0.0727 e. The topological polar surface area (TPSA) is 0 Å². The zero-order chi connectivity index (χ0) is 8.41. The van der Waals surface area contributed by atoms with Gasteiger partial charge in [0.25, 0.3) is 0 Å². The average Bonchev–Trinajstić information content (AvgIpc) is 1.60. The van der Waals surface area contributed by atoms with Crippen molar-refractivity contribution < 1.29 is 0 Å². The maximum absolute atomic E-state index is 3.88. The van der Waals surface area contributed by atoms with Crippen LogP contribution in [0.25, 0.3) is 0 Å². The zero-order valence-electron chi connectivity index (χ0n) is 5.63. The smallest absolute Gasteiger partial charge is 0.0727 e. The average molecular weight is 401 g/mol. The van der Waals surface area contributed by atoms with Gasteiger partial charge in [-0.05, 0) is 19.8 Å². The van der Waals surface area contributed by atoms with Crippen molar-refractivity contribution >= 4 is 63.7 Å². The van der Waals surface area contributed by atoms with E-state index in [-0.39, 0.29) is 6.47 Å². The van der Waals surface area contributed by atoms with Gasteiger partial charge in [-0.3, -0.25) is 0 Å². The lowest BCUT2D eigenvalue weighted by atomic mass is 10.2. The second-order valence-corrected chi connectivity index (χ2v) is 10.4. The summed E-state index contributed by atoms with van der Waals surface area (Å²) in [5, 5.41) is 0. The Morgan fingerprint density at radius 2 is 1.60 bits per heavy atom. The van der Waals surface area contributed by atoms with Crippen molar-refractivity contribution in [3.8, 4) is 0 Å². The van der Waals surface area contributed by atoms with Crippen molar-refractivity contribution in [3.05, 3.63) is 6.92 Å². The number of hydrogen-bond donors (Lipinski definition) is 0. The second-order valence-electron chi connectivity index (χ2n) is 2.24. The van der Waals surface area contributed by atoms with Crippen LogP contribution in [-0.4, -0.2) is 6.47 Å². The van der Waals surface area contributed by atoms with Gasteiger partial charge < -0.3 is 0 Å². The summed E-state index contributed by atoms with van der Waals surface area (Å²) in [7, 11) is 0. The fraction of sp³-hybridized carbons (Fsp3) is 0.833. The van der Waals surface area contributed by atoms with Gasteiger partial charge in [-0.2, -0.15) is 0 Å². The molecule has 0 spiro atoms. The third-order valence-corrected chi connectivity index (χ3v) is 3.28. The number of hydrogen-bond acceptors (Lipinski definition) is 0. The first-order valence-corrected chi connectivity index (χ1v) is 6.05. The standard InChI is InChI=1S/C6H9Br4/c1-3-6(9,10)4-5(2,7)8/h2-4H2,1H3. The highest BCUT2D eigenvalue weighted by molar-refractivity contribution is 9.26. The molecule has 61 valence electrons. The van der Waals surface area contributed by atoms with Crippen LogP contribution in [0.5, 0.6) is 0 Å². The largest absolute Gasteiger partial charge is 0.0828 e. The lowest BCUT2D eigenvalue weighted by Gasteiger charge is -2.24. The molecule has 0 N–H and O–H groups in total. The van der Waals surface area contributed by atoms with Gasteiger partial charge in [-0.1, -0.05) is 70.6 Å². The molecule has 10 heavy (non-hydrogen) atoms. The van der Waals surface area contributed by atoms with Gasteiger partial charge in [-0.25, -0.2) is 0 Å². The quantitative estimate of drug-likeness (QED) is 0.608. The van der Waals surface area contributed by atoms with Crippen LogP contribution >= 0.6 is 63.7 Å². The second kappa shape index (κ2) is 4.24. The molecule has 0 aliphatic heterocycles. The Bertz CT molecular complexity index is 103. The van der Waals surface area contributed by atoms with E-state index in [2.05, 4.69) is 77.6 Å². The summed E-state index contributed by atoms with van der Waals surface area (Å²) in [6.07, 6.45) is 1.89. The van der Waals surface area contributed by atoms with Gasteiger partial charge in [0.15, 0.2) is 0 Å². The van der Waals surface area contributed by atoms with E-state index < -0.39 is 0 Å². The van der Waals surface area contributed by atoms with Gasteiger partial charge in [0.1, 0.15) is 0 Å². The molecule has 0 amide bonds. The predicted octanol–water partition coefficient (Wildman–Crippen LogP) is 4.59. The molecule has 0 aliphatic carbocycles. The molecule has 0 nitrogen and oxygen atoms in total. The lowest BCUT2D eigenvalue weighted by molar-refractivity contribution is 0.721. The molecule has 0 bridgehead atoms. The van der Waals surface area contributed by atoms with Crippen molar-refractivity contribution in [2.24, 2.45) is 0 Å². The molecule has 0 unspecified atom stereocenters. The van der Waals surface area contributed by atoms with E-state index in [4.69, 9.17) is 0 Å². The van der Waals surface area contributed by atoms with Gasteiger partial charge >= 0.3 is 0 Å². The first kappa shape index (κ1) is 11.9. The minimum atomic E-state index is -0.233.